The highest BCUT2D eigenvalue weighted by Gasteiger charge is 2.15. The van der Waals surface area contributed by atoms with E-state index >= 15 is 0 Å². The van der Waals surface area contributed by atoms with E-state index in [1.807, 2.05) is 17.6 Å². The van der Waals surface area contributed by atoms with E-state index < -0.39 is 9.84 Å². The molecule has 0 aliphatic rings. The maximum atomic E-state index is 12.3. The van der Waals surface area contributed by atoms with Crippen molar-refractivity contribution >= 4 is 9.84 Å². The monoisotopic (exact) mass is 289 g/mol. The normalized spacial score (nSPS) is 11.2. The van der Waals surface area contributed by atoms with E-state index in [9.17, 15) is 8.42 Å². The highest BCUT2D eigenvalue weighted by atomic mass is 32.2. The van der Waals surface area contributed by atoms with E-state index in [0.717, 1.165) is 12.2 Å². The predicted molar refractivity (Wildman–Crippen MR) is 74.8 cm³/mol. The summed E-state index contributed by atoms with van der Waals surface area (Å²) in [5, 5.41) is 8.82. The lowest BCUT2D eigenvalue weighted by molar-refractivity contribution is 0.586. The minimum Gasteiger partial charge on any atom is -0.334 e. The summed E-state index contributed by atoms with van der Waals surface area (Å²) in [5.41, 5.74) is 0.350. The van der Waals surface area contributed by atoms with Crippen LogP contribution in [0.15, 0.2) is 41.6 Å². The molecule has 0 N–H and O–H groups in total. The van der Waals surface area contributed by atoms with Crippen molar-refractivity contribution in [3.8, 4) is 6.07 Å². The van der Waals surface area contributed by atoms with Gasteiger partial charge in [0.1, 0.15) is 5.82 Å². The fourth-order valence-electron chi connectivity index (χ4n) is 1.95. The predicted octanol–water partition coefficient (Wildman–Crippen LogP) is 1.79. The first-order valence-electron chi connectivity index (χ1n) is 6.29. The summed E-state index contributed by atoms with van der Waals surface area (Å²) in [5.74, 6) is 0.858. The summed E-state index contributed by atoms with van der Waals surface area (Å²) >= 11 is 0. The first kappa shape index (κ1) is 14.3. The van der Waals surface area contributed by atoms with Gasteiger partial charge in [0.15, 0.2) is 9.84 Å². The molecule has 1 heterocycles. The zero-order valence-electron chi connectivity index (χ0n) is 11.2. The van der Waals surface area contributed by atoms with Gasteiger partial charge >= 0.3 is 0 Å². The van der Waals surface area contributed by atoms with E-state index in [1.165, 1.54) is 12.1 Å². The van der Waals surface area contributed by atoms with Crippen LogP contribution in [0.2, 0.25) is 0 Å². The van der Waals surface area contributed by atoms with Crippen molar-refractivity contribution in [2.45, 2.75) is 24.8 Å². The van der Waals surface area contributed by atoms with Crippen molar-refractivity contribution in [3.05, 3.63) is 48.0 Å². The van der Waals surface area contributed by atoms with Crippen LogP contribution < -0.4 is 0 Å². The second kappa shape index (κ2) is 5.88. The van der Waals surface area contributed by atoms with Crippen LogP contribution in [0.5, 0.6) is 0 Å². The van der Waals surface area contributed by atoms with Crippen molar-refractivity contribution in [3.63, 3.8) is 0 Å². The Morgan fingerprint density at radius 1 is 1.40 bits per heavy atom. The lowest BCUT2D eigenvalue weighted by atomic mass is 10.2. The Bertz CT molecular complexity index is 742. The van der Waals surface area contributed by atoms with Crippen LogP contribution in [0.25, 0.3) is 0 Å². The molecule has 104 valence electrons. The smallest absolute Gasteiger partial charge is 0.180 e. The van der Waals surface area contributed by atoms with Gasteiger partial charge in [0, 0.05) is 25.4 Å². The Kier molecular flexibility index (Phi) is 4.20. The van der Waals surface area contributed by atoms with E-state index in [1.54, 1.807) is 24.5 Å². The van der Waals surface area contributed by atoms with Gasteiger partial charge in [0.05, 0.1) is 22.3 Å². The molecule has 0 atom stereocenters. The van der Waals surface area contributed by atoms with Crippen molar-refractivity contribution in [2.75, 3.05) is 5.75 Å². The molecule has 0 bridgehead atoms. The molecule has 0 unspecified atom stereocenters. The molecule has 1 aromatic carbocycles. The lowest BCUT2D eigenvalue weighted by Gasteiger charge is -2.08. The molecule has 2 rings (SSSR count). The van der Waals surface area contributed by atoms with Crippen LogP contribution in [-0.2, 0) is 22.8 Å². The first-order valence-corrected chi connectivity index (χ1v) is 7.95. The Hall–Kier alpha value is -2.13. The molecular formula is C14H15N3O2S. The van der Waals surface area contributed by atoms with Crippen LogP contribution >= 0.6 is 0 Å². The number of aryl methyl sites for hydroxylation is 2. The molecule has 20 heavy (non-hydrogen) atoms. The Balaban J connectivity index is 2.17. The van der Waals surface area contributed by atoms with Crippen molar-refractivity contribution in [1.82, 2.24) is 9.55 Å². The second-order valence-corrected chi connectivity index (χ2v) is 6.46. The molecule has 0 saturated carbocycles. The number of hydrogen-bond acceptors (Lipinski definition) is 4. The number of nitriles is 1. The van der Waals surface area contributed by atoms with Crippen LogP contribution in [0.1, 0.15) is 18.3 Å². The molecule has 5 nitrogen and oxygen atoms in total. The van der Waals surface area contributed by atoms with Gasteiger partial charge in [-0.25, -0.2) is 13.4 Å². The maximum Gasteiger partial charge on any atom is 0.180 e. The fourth-order valence-corrected chi connectivity index (χ4v) is 3.22. The van der Waals surface area contributed by atoms with E-state index in [0.29, 0.717) is 12.1 Å². The molecule has 0 saturated heterocycles. The fraction of sp³-hybridized carbons (Fsp3) is 0.286. The van der Waals surface area contributed by atoms with E-state index in [2.05, 4.69) is 4.98 Å². The third-order valence-electron chi connectivity index (χ3n) is 3.04. The van der Waals surface area contributed by atoms with Gasteiger partial charge in [0.2, 0.25) is 0 Å². The number of rotatable bonds is 5. The van der Waals surface area contributed by atoms with E-state index in [4.69, 9.17) is 5.26 Å². The Labute approximate surface area is 118 Å². The highest BCUT2D eigenvalue weighted by Crippen LogP contribution is 2.13. The van der Waals surface area contributed by atoms with Gasteiger partial charge in [-0.1, -0.05) is 13.0 Å². The molecule has 6 heteroatoms. The molecule has 2 aromatic rings. The number of imidazole rings is 1. The maximum absolute atomic E-state index is 12.3. The van der Waals surface area contributed by atoms with Crippen molar-refractivity contribution in [1.29, 1.82) is 5.26 Å². The van der Waals surface area contributed by atoms with Gasteiger partial charge in [-0.2, -0.15) is 5.26 Å². The summed E-state index contributed by atoms with van der Waals surface area (Å²) in [6.45, 7) is 2.34. The van der Waals surface area contributed by atoms with Gasteiger partial charge in [0.25, 0.3) is 0 Å². The van der Waals surface area contributed by atoms with Gasteiger partial charge in [-0.3, -0.25) is 0 Å². The lowest BCUT2D eigenvalue weighted by Crippen LogP contribution is -2.14. The van der Waals surface area contributed by atoms with Crippen molar-refractivity contribution < 1.29 is 8.42 Å². The molecule has 0 aliphatic carbocycles. The number of benzene rings is 1. The third kappa shape index (κ3) is 3.06. The van der Waals surface area contributed by atoms with Gasteiger partial charge in [-0.15, -0.1) is 0 Å². The summed E-state index contributed by atoms with van der Waals surface area (Å²) in [7, 11) is -3.39. The average Bonchev–Trinajstić information content (AvgIpc) is 2.93. The van der Waals surface area contributed by atoms with Crippen LogP contribution in [0.4, 0.5) is 0 Å². The SMILES string of the molecule is CCc1nccn1CCS(=O)(=O)c1cccc(C#N)c1. The summed E-state index contributed by atoms with van der Waals surface area (Å²) < 4.78 is 26.3. The number of sulfone groups is 1. The standard InChI is InChI=1S/C14H15N3O2S/c1-2-14-16-6-7-17(14)8-9-20(18,19)13-5-3-4-12(10-13)11-15/h3-7,10H,2,8-9H2,1H3. The summed E-state index contributed by atoms with van der Waals surface area (Å²) in [6.07, 6.45) is 4.21. The molecule has 0 fully saturated rings. The highest BCUT2D eigenvalue weighted by molar-refractivity contribution is 7.91. The Morgan fingerprint density at radius 2 is 2.20 bits per heavy atom. The third-order valence-corrected chi connectivity index (χ3v) is 4.73. The summed E-state index contributed by atoms with van der Waals surface area (Å²) in [4.78, 5) is 4.35. The minimum atomic E-state index is -3.39. The largest absolute Gasteiger partial charge is 0.334 e. The van der Waals surface area contributed by atoms with Crippen LogP contribution in [-0.4, -0.2) is 23.7 Å². The zero-order chi connectivity index (χ0) is 14.6. The quantitative estimate of drug-likeness (QED) is 0.841. The van der Waals surface area contributed by atoms with Crippen LogP contribution in [0.3, 0.4) is 0 Å². The van der Waals surface area contributed by atoms with E-state index in [-0.39, 0.29) is 10.6 Å². The number of hydrogen-bond donors (Lipinski definition) is 0. The number of nitrogens with zero attached hydrogens (tertiary/aromatic N) is 3. The molecule has 0 radical (unpaired) electrons. The van der Waals surface area contributed by atoms with Gasteiger partial charge in [-0.05, 0) is 18.2 Å². The molecule has 0 aliphatic heterocycles. The topological polar surface area (TPSA) is 75.8 Å². The summed E-state index contributed by atoms with van der Waals surface area (Å²) in [6, 6.07) is 8.04. The number of aromatic nitrogens is 2. The van der Waals surface area contributed by atoms with Gasteiger partial charge < -0.3 is 4.57 Å². The first-order chi connectivity index (χ1) is 9.56. The minimum absolute atomic E-state index is 0.00869. The Morgan fingerprint density at radius 3 is 2.90 bits per heavy atom. The molecule has 0 spiro atoms. The molecular weight excluding hydrogens is 274 g/mol. The average molecular weight is 289 g/mol. The molecule has 0 amide bonds. The van der Waals surface area contributed by atoms with Crippen LogP contribution in [0, 0.1) is 11.3 Å². The van der Waals surface area contributed by atoms with Crippen molar-refractivity contribution in [2.24, 2.45) is 0 Å². The second-order valence-electron chi connectivity index (χ2n) is 4.35. The molecule has 1 aromatic heterocycles. The zero-order valence-corrected chi connectivity index (χ0v) is 12.0.